The van der Waals surface area contributed by atoms with E-state index in [1.165, 1.54) is 0 Å². The van der Waals surface area contributed by atoms with E-state index < -0.39 is 0 Å². The first-order valence-corrected chi connectivity index (χ1v) is 7.57. The Labute approximate surface area is 126 Å². The second kappa shape index (κ2) is 7.61. The van der Waals surface area contributed by atoms with Gasteiger partial charge in [0.05, 0.1) is 6.54 Å². The van der Waals surface area contributed by atoms with Gasteiger partial charge in [-0.2, -0.15) is 5.10 Å². The van der Waals surface area contributed by atoms with Crippen molar-refractivity contribution in [3.8, 4) is 0 Å². The molecule has 0 spiro atoms. The zero-order valence-corrected chi connectivity index (χ0v) is 13.0. The number of aryl methyl sites for hydroxylation is 1. The monoisotopic (exact) mass is 288 g/mol. The fourth-order valence-electron chi connectivity index (χ4n) is 2.06. The van der Waals surface area contributed by atoms with Gasteiger partial charge < -0.3 is 10.6 Å². The minimum Gasteiger partial charge on any atom is -0.370 e. The molecule has 2 heterocycles. The van der Waals surface area contributed by atoms with Crippen LogP contribution in [0.25, 0.3) is 0 Å². The van der Waals surface area contributed by atoms with Crippen molar-refractivity contribution in [1.29, 1.82) is 0 Å². The third-order valence-electron chi connectivity index (χ3n) is 3.06. The fourth-order valence-corrected chi connectivity index (χ4v) is 2.06. The summed E-state index contributed by atoms with van der Waals surface area (Å²) in [4.78, 5) is 9.03. The molecule has 0 aliphatic rings. The Morgan fingerprint density at radius 3 is 2.71 bits per heavy atom. The van der Waals surface area contributed by atoms with E-state index in [1.807, 2.05) is 23.0 Å². The molecular formula is C15H24N6. The quantitative estimate of drug-likeness (QED) is 0.781. The lowest BCUT2D eigenvalue weighted by Crippen LogP contribution is -2.23. The first-order valence-electron chi connectivity index (χ1n) is 7.57. The van der Waals surface area contributed by atoms with Crippen molar-refractivity contribution >= 4 is 11.6 Å². The smallest absolute Gasteiger partial charge is 0.132 e. The molecule has 6 nitrogen and oxygen atoms in total. The van der Waals surface area contributed by atoms with Crippen LogP contribution in [0.5, 0.6) is 0 Å². The Morgan fingerprint density at radius 2 is 2.05 bits per heavy atom. The average Bonchev–Trinajstić information content (AvgIpc) is 2.97. The fraction of sp³-hybridized carbons (Fsp3) is 0.533. The highest BCUT2D eigenvalue weighted by Gasteiger charge is 2.07. The second-order valence-corrected chi connectivity index (χ2v) is 5.11. The van der Waals surface area contributed by atoms with Crippen LogP contribution in [0.15, 0.2) is 24.5 Å². The molecule has 0 aromatic carbocycles. The van der Waals surface area contributed by atoms with Crippen LogP contribution in [0.1, 0.15) is 33.0 Å². The lowest BCUT2D eigenvalue weighted by Gasteiger charge is -2.16. The summed E-state index contributed by atoms with van der Waals surface area (Å²) in [7, 11) is 0. The number of hydrogen-bond donors (Lipinski definition) is 2. The maximum atomic E-state index is 4.54. The van der Waals surface area contributed by atoms with Gasteiger partial charge in [-0.25, -0.2) is 9.97 Å². The molecule has 2 aromatic rings. The molecule has 0 aliphatic carbocycles. The minimum absolute atomic E-state index is 0.239. The van der Waals surface area contributed by atoms with E-state index in [0.29, 0.717) is 0 Å². The maximum Gasteiger partial charge on any atom is 0.132 e. The summed E-state index contributed by atoms with van der Waals surface area (Å²) in [5, 5.41) is 11.0. The Bertz CT molecular complexity index is 537. The highest BCUT2D eigenvalue weighted by Crippen LogP contribution is 2.13. The van der Waals surface area contributed by atoms with Crippen molar-refractivity contribution in [2.75, 3.05) is 17.2 Å². The Kier molecular flexibility index (Phi) is 5.54. The SMILES string of the molecule is CCCNc1cc(NC(C)Cn2cccn2)nc(CC)n1. The lowest BCUT2D eigenvalue weighted by molar-refractivity contribution is 0.559. The number of hydrogen-bond acceptors (Lipinski definition) is 5. The molecule has 6 heteroatoms. The van der Waals surface area contributed by atoms with Crippen LogP contribution in [0.2, 0.25) is 0 Å². The summed E-state index contributed by atoms with van der Waals surface area (Å²) in [5.74, 6) is 2.60. The molecule has 0 bridgehead atoms. The highest BCUT2D eigenvalue weighted by molar-refractivity contribution is 5.48. The predicted octanol–water partition coefficient (Wildman–Crippen LogP) is 2.56. The van der Waals surface area contributed by atoms with E-state index in [2.05, 4.69) is 46.5 Å². The van der Waals surface area contributed by atoms with Crippen LogP contribution in [0, 0.1) is 0 Å². The molecular weight excluding hydrogens is 264 g/mol. The van der Waals surface area contributed by atoms with Crippen molar-refractivity contribution in [1.82, 2.24) is 19.7 Å². The van der Waals surface area contributed by atoms with Crippen molar-refractivity contribution in [3.05, 3.63) is 30.4 Å². The van der Waals surface area contributed by atoms with E-state index in [0.717, 1.165) is 43.4 Å². The maximum absolute atomic E-state index is 4.54. The van der Waals surface area contributed by atoms with Gasteiger partial charge in [0.25, 0.3) is 0 Å². The van der Waals surface area contributed by atoms with E-state index in [9.17, 15) is 0 Å². The standard InChI is InChI=1S/C15H24N6/c1-4-7-16-14-10-15(20-13(5-2)19-14)18-12(3)11-21-9-6-8-17-21/h6,8-10,12H,4-5,7,11H2,1-3H3,(H2,16,18,19,20). The third kappa shape index (κ3) is 4.73. The summed E-state index contributed by atoms with van der Waals surface area (Å²) < 4.78 is 1.91. The number of nitrogens with one attached hydrogen (secondary N) is 2. The first-order chi connectivity index (χ1) is 10.2. The van der Waals surface area contributed by atoms with Crippen LogP contribution >= 0.6 is 0 Å². The third-order valence-corrected chi connectivity index (χ3v) is 3.06. The molecule has 0 aliphatic heterocycles. The molecule has 1 unspecified atom stereocenters. The van der Waals surface area contributed by atoms with E-state index >= 15 is 0 Å². The highest BCUT2D eigenvalue weighted by atomic mass is 15.3. The van der Waals surface area contributed by atoms with Gasteiger partial charge >= 0.3 is 0 Å². The zero-order valence-electron chi connectivity index (χ0n) is 13.0. The molecule has 0 radical (unpaired) electrons. The normalized spacial score (nSPS) is 12.1. The van der Waals surface area contributed by atoms with Crippen LogP contribution in [0.4, 0.5) is 11.6 Å². The molecule has 2 aromatic heterocycles. The van der Waals surface area contributed by atoms with Gasteiger partial charge in [0.15, 0.2) is 0 Å². The largest absolute Gasteiger partial charge is 0.370 e. The molecule has 114 valence electrons. The van der Waals surface area contributed by atoms with Gasteiger partial charge in [0.1, 0.15) is 17.5 Å². The number of nitrogens with zero attached hydrogens (tertiary/aromatic N) is 4. The summed E-state index contributed by atoms with van der Waals surface area (Å²) in [6.07, 6.45) is 5.65. The van der Waals surface area contributed by atoms with Crippen LogP contribution < -0.4 is 10.6 Å². The molecule has 1 atom stereocenters. The second-order valence-electron chi connectivity index (χ2n) is 5.11. The van der Waals surface area contributed by atoms with Crippen molar-refractivity contribution in [2.24, 2.45) is 0 Å². The molecule has 0 fully saturated rings. The average molecular weight is 288 g/mol. The lowest BCUT2D eigenvalue weighted by atomic mass is 10.3. The van der Waals surface area contributed by atoms with Gasteiger partial charge in [-0.3, -0.25) is 4.68 Å². The minimum atomic E-state index is 0.239. The number of aromatic nitrogens is 4. The summed E-state index contributed by atoms with van der Waals surface area (Å²) in [5.41, 5.74) is 0. The molecule has 2 rings (SSSR count). The predicted molar refractivity (Wildman–Crippen MR) is 85.5 cm³/mol. The van der Waals surface area contributed by atoms with Gasteiger partial charge in [-0.05, 0) is 19.4 Å². The van der Waals surface area contributed by atoms with E-state index in [4.69, 9.17) is 0 Å². The number of rotatable bonds is 8. The molecule has 0 saturated heterocycles. The molecule has 2 N–H and O–H groups in total. The summed E-state index contributed by atoms with van der Waals surface area (Å²) in [6, 6.07) is 4.14. The molecule has 0 saturated carbocycles. The van der Waals surface area contributed by atoms with Crippen molar-refractivity contribution in [2.45, 2.75) is 46.2 Å². The Hall–Kier alpha value is -2.11. The van der Waals surface area contributed by atoms with Gasteiger partial charge in [-0.1, -0.05) is 13.8 Å². The Morgan fingerprint density at radius 1 is 1.24 bits per heavy atom. The van der Waals surface area contributed by atoms with Gasteiger partial charge in [0.2, 0.25) is 0 Å². The van der Waals surface area contributed by atoms with Gasteiger partial charge in [-0.15, -0.1) is 0 Å². The topological polar surface area (TPSA) is 67.7 Å². The van der Waals surface area contributed by atoms with E-state index in [1.54, 1.807) is 6.20 Å². The van der Waals surface area contributed by atoms with Crippen molar-refractivity contribution in [3.63, 3.8) is 0 Å². The van der Waals surface area contributed by atoms with Crippen molar-refractivity contribution < 1.29 is 0 Å². The van der Waals surface area contributed by atoms with Crippen LogP contribution in [-0.4, -0.2) is 32.3 Å². The first kappa shape index (κ1) is 15.3. The Balaban J connectivity index is 2.03. The number of anilines is 2. The summed E-state index contributed by atoms with van der Waals surface area (Å²) >= 11 is 0. The molecule has 0 amide bonds. The van der Waals surface area contributed by atoms with Crippen LogP contribution in [0.3, 0.4) is 0 Å². The molecule has 21 heavy (non-hydrogen) atoms. The summed E-state index contributed by atoms with van der Waals surface area (Å²) in [6.45, 7) is 8.04. The van der Waals surface area contributed by atoms with Crippen LogP contribution in [-0.2, 0) is 13.0 Å². The van der Waals surface area contributed by atoms with E-state index in [-0.39, 0.29) is 6.04 Å². The zero-order chi connectivity index (χ0) is 15.1. The van der Waals surface area contributed by atoms with Gasteiger partial charge in [0, 0.05) is 37.5 Å².